The smallest absolute Gasteiger partial charge is 0.269 e. The number of nitrogens with one attached hydrogen (secondary N) is 3. The Morgan fingerprint density at radius 1 is 0.967 bits per heavy atom. The number of benzene rings is 3. The number of hydrogen-bond acceptors (Lipinski definition) is 6. The molecule has 0 saturated heterocycles. The van der Waals surface area contributed by atoms with Gasteiger partial charge < -0.3 is 4.74 Å². The monoisotopic (exact) mass is 424 g/mol. The van der Waals surface area contributed by atoms with Crippen molar-refractivity contribution in [3.63, 3.8) is 0 Å². The molecule has 0 bridgehead atoms. The summed E-state index contributed by atoms with van der Waals surface area (Å²) in [6, 6.07) is 18.2. The van der Waals surface area contributed by atoms with Crippen molar-refractivity contribution in [1.82, 2.24) is 16.2 Å². The van der Waals surface area contributed by atoms with E-state index in [-0.39, 0.29) is 23.0 Å². The average Bonchev–Trinajstić information content (AvgIpc) is 2.76. The zero-order chi connectivity index (χ0) is 21.5. The molecule has 30 heavy (non-hydrogen) atoms. The third-order valence-corrected chi connectivity index (χ3v) is 4.18. The zero-order valence-electron chi connectivity index (χ0n) is 15.5. The first-order valence-electron chi connectivity index (χ1n) is 8.68. The van der Waals surface area contributed by atoms with Crippen LogP contribution in [0, 0.1) is 10.1 Å². The first-order chi connectivity index (χ1) is 14.4. The Bertz CT molecular complexity index is 1120. The average molecular weight is 424 g/mol. The van der Waals surface area contributed by atoms with Crippen molar-refractivity contribution in [3.8, 4) is 5.75 Å². The third-order valence-electron chi connectivity index (χ3n) is 3.97. The molecule has 2 amide bonds. The highest BCUT2D eigenvalue weighted by Gasteiger charge is 2.11. The summed E-state index contributed by atoms with van der Waals surface area (Å²) in [5, 5.41) is 14.9. The largest absolute Gasteiger partial charge is 0.484 e. The van der Waals surface area contributed by atoms with Crippen LogP contribution in [-0.2, 0) is 4.79 Å². The topological polar surface area (TPSA) is 123 Å². The highest BCUT2D eigenvalue weighted by molar-refractivity contribution is 7.80. The number of nitrogens with zero attached hydrogens (tertiary/aromatic N) is 1. The van der Waals surface area contributed by atoms with E-state index < -0.39 is 16.7 Å². The van der Waals surface area contributed by atoms with Crippen LogP contribution in [0.4, 0.5) is 5.69 Å². The van der Waals surface area contributed by atoms with Crippen LogP contribution in [-0.4, -0.2) is 28.5 Å². The second kappa shape index (κ2) is 9.43. The Hall–Kier alpha value is -4.05. The van der Waals surface area contributed by atoms with Crippen molar-refractivity contribution in [2.75, 3.05) is 6.61 Å². The normalized spacial score (nSPS) is 10.1. The van der Waals surface area contributed by atoms with E-state index in [1.165, 1.54) is 24.3 Å². The molecule has 3 N–H and O–H groups in total. The van der Waals surface area contributed by atoms with Gasteiger partial charge >= 0.3 is 0 Å². The number of amides is 2. The molecule has 0 aliphatic rings. The van der Waals surface area contributed by atoms with Crippen LogP contribution in [0.3, 0.4) is 0 Å². The van der Waals surface area contributed by atoms with Gasteiger partial charge in [-0.15, -0.1) is 0 Å². The molecular formula is C20H16N4O5S. The number of fused-ring (bicyclic) bond motifs is 1. The number of ether oxygens (including phenoxy) is 1. The molecule has 0 fully saturated rings. The second-order valence-corrected chi connectivity index (χ2v) is 6.47. The minimum Gasteiger partial charge on any atom is -0.484 e. The highest BCUT2D eigenvalue weighted by Crippen LogP contribution is 2.20. The van der Waals surface area contributed by atoms with Gasteiger partial charge in [0.2, 0.25) is 0 Å². The van der Waals surface area contributed by atoms with Gasteiger partial charge in [-0.25, -0.2) is 0 Å². The summed E-state index contributed by atoms with van der Waals surface area (Å²) in [4.78, 5) is 34.0. The molecule has 3 aromatic carbocycles. The van der Waals surface area contributed by atoms with Gasteiger partial charge in [-0.3, -0.25) is 35.9 Å². The van der Waals surface area contributed by atoms with E-state index in [1.807, 2.05) is 36.4 Å². The van der Waals surface area contributed by atoms with Gasteiger partial charge in [0.05, 0.1) is 4.92 Å². The van der Waals surface area contributed by atoms with E-state index in [2.05, 4.69) is 16.2 Å². The van der Waals surface area contributed by atoms with E-state index in [9.17, 15) is 19.7 Å². The second-order valence-electron chi connectivity index (χ2n) is 6.06. The lowest BCUT2D eigenvalue weighted by molar-refractivity contribution is -0.384. The summed E-state index contributed by atoms with van der Waals surface area (Å²) in [7, 11) is 0. The molecule has 0 spiro atoms. The summed E-state index contributed by atoms with van der Waals surface area (Å²) in [6.45, 7) is -0.267. The number of carbonyl (C=O) groups is 2. The van der Waals surface area contributed by atoms with Crippen molar-refractivity contribution < 1.29 is 19.2 Å². The fourth-order valence-electron chi connectivity index (χ4n) is 2.52. The van der Waals surface area contributed by atoms with Crippen molar-refractivity contribution >= 4 is 45.6 Å². The molecule has 3 rings (SSSR count). The summed E-state index contributed by atoms with van der Waals surface area (Å²) < 4.78 is 5.46. The van der Waals surface area contributed by atoms with Gasteiger partial charge in [0.1, 0.15) is 5.75 Å². The van der Waals surface area contributed by atoms with E-state index in [0.717, 1.165) is 10.8 Å². The molecule has 0 radical (unpaired) electrons. The number of carbonyl (C=O) groups excluding carboxylic acids is 2. The number of hydrazine groups is 1. The Balaban J connectivity index is 1.44. The lowest BCUT2D eigenvalue weighted by Gasteiger charge is -2.11. The number of nitro groups is 1. The number of hydrogen-bond donors (Lipinski definition) is 3. The Kier molecular flexibility index (Phi) is 6.50. The van der Waals surface area contributed by atoms with Gasteiger partial charge in [0.25, 0.3) is 17.5 Å². The summed E-state index contributed by atoms with van der Waals surface area (Å²) in [5.74, 6) is -0.548. The first-order valence-corrected chi connectivity index (χ1v) is 9.09. The maximum Gasteiger partial charge on any atom is 0.269 e. The molecule has 152 valence electrons. The van der Waals surface area contributed by atoms with Crippen LogP contribution in [0.2, 0.25) is 0 Å². The van der Waals surface area contributed by atoms with Crippen LogP contribution in [0.15, 0.2) is 66.7 Å². The molecule has 0 heterocycles. The lowest BCUT2D eigenvalue weighted by atomic mass is 10.1. The van der Waals surface area contributed by atoms with Crippen LogP contribution in [0.1, 0.15) is 10.4 Å². The van der Waals surface area contributed by atoms with Crippen LogP contribution in [0.5, 0.6) is 5.75 Å². The predicted octanol–water partition coefficient (Wildman–Crippen LogP) is 2.46. The lowest BCUT2D eigenvalue weighted by Crippen LogP contribution is -2.49. The Morgan fingerprint density at radius 3 is 2.37 bits per heavy atom. The van der Waals surface area contributed by atoms with E-state index in [0.29, 0.717) is 5.75 Å². The van der Waals surface area contributed by atoms with Gasteiger partial charge in [-0.1, -0.05) is 30.3 Å². The van der Waals surface area contributed by atoms with Crippen molar-refractivity contribution in [2.24, 2.45) is 0 Å². The number of non-ortho nitro benzene ring substituents is 1. The molecule has 3 aromatic rings. The number of thiocarbonyl (C=S) groups is 1. The summed E-state index contributed by atoms with van der Waals surface area (Å²) in [6.07, 6.45) is 0. The molecule has 0 atom stereocenters. The number of nitro benzene ring substituents is 1. The zero-order valence-corrected chi connectivity index (χ0v) is 16.3. The third kappa shape index (κ3) is 5.49. The molecule has 0 aromatic heterocycles. The highest BCUT2D eigenvalue weighted by atomic mass is 32.1. The predicted molar refractivity (Wildman–Crippen MR) is 114 cm³/mol. The minimum absolute atomic E-state index is 0.127. The van der Waals surface area contributed by atoms with Gasteiger partial charge in [0.15, 0.2) is 11.7 Å². The molecule has 0 unspecified atom stereocenters. The Morgan fingerprint density at radius 2 is 1.67 bits per heavy atom. The standard InChI is InChI=1S/C20H16N4O5S/c25-18(12-29-17-10-7-13-3-1-2-4-15(13)11-17)21-20(30)23-22-19(26)14-5-8-16(9-6-14)24(27)28/h1-11H,12H2,(H,22,26)(H2,21,23,25,30). The van der Waals surface area contributed by atoms with Gasteiger partial charge in [-0.05, 0) is 47.3 Å². The molecular weight excluding hydrogens is 408 g/mol. The van der Waals surface area contributed by atoms with Crippen molar-refractivity contribution in [3.05, 3.63) is 82.4 Å². The summed E-state index contributed by atoms with van der Waals surface area (Å²) >= 11 is 4.95. The fourth-order valence-corrected chi connectivity index (χ4v) is 2.69. The van der Waals surface area contributed by atoms with Crippen LogP contribution >= 0.6 is 12.2 Å². The first kappa shape index (κ1) is 20.7. The molecule has 0 aliphatic carbocycles. The number of rotatable bonds is 5. The quantitative estimate of drug-likeness (QED) is 0.327. The maximum absolute atomic E-state index is 12.0. The van der Waals surface area contributed by atoms with Crippen LogP contribution < -0.4 is 20.9 Å². The van der Waals surface area contributed by atoms with Gasteiger partial charge in [-0.2, -0.15) is 0 Å². The van der Waals surface area contributed by atoms with E-state index >= 15 is 0 Å². The molecule has 10 heteroatoms. The fraction of sp³-hybridized carbons (Fsp3) is 0.0500. The molecule has 0 aliphatic heterocycles. The van der Waals surface area contributed by atoms with Crippen LogP contribution in [0.25, 0.3) is 10.8 Å². The molecule has 0 saturated carbocycles. The van der Waals surface area contributed by atoms with E-state index in [4.69, 9.17) is 17.0 Å². The van der Waals surface area contributed by atoms with Crippen molar-refractivity contribution in [1.29, 1.82) is 0 Å². The van der Waals surface area contributed by atoms with Crippen molar-refractivity contribution in [2.45, 2.75) is 0 Å². The Labute approximate surface area is 176 Å². The van der Waals surface area contributed by atoms with Gasteiger partial charge in [0, 0.05) is 17.7 Å². The minimum atomic E-state index is -0.575. The molecule has 9 nitrogen and oxygen atoms in total. The summed E-state index contributed by atoms with van der Waals surface area (Å²) in [5.41, 5.74) is 4.72. The SMILES string of the molecule is O=C(COc1ccc2ccccc2c1)NC(=S)NNC(=O)c1ccc([N+](=O)[O-])cc1. The van der Waals surface area contributed by atoms with E-state index in [1.54, 1.807) is 6.07 Å². The maximum atomic E-state index is 12.0.